The van der Waals surface area contributed by atoms with Crippen LogP contribution in [0.2, 0.25) is 0 Å². The number of nitrogens with zero attached hydrogens (tertiary/aromatic N) is 4. The van der Waals surface area contributed by atoms with Crippen molar-refractivity contribution < 1.29 is 38.6 Å². The van der Waals surface area contributed by atoms with Crippen LogP contribution >= 0.6 is 0 Å². The molecule has 1 aliphatic heterocycles. The number of likely N-dealkylation sites (tertiary alicyclic amines) is 1. The molecule has 2 aromatic carbocycles. The highest BCUT2D eigenvalue weighted by Crippen LogP contribution is 2.35. The maximum absolute atomic E-state index is 12.8. The number of nitro benzene ring substituents is 1. The van der Waals surface area contributed by atoms with Gasteiger partial charge in [0.2, 0.25) is 0 Å². The SMILES string of the molecule is CC(CNC(=O)OC(C)(C)C)CNc1c(-c2ccnc(O[C@H]3C[C@@H](C(=O)O)N(C(=O)OCc4ccccc4)C3)n2)cccc1[N+](=O)[O-]. The van der Waals surface area contributed by atoms with Crippen LogP contribution in [0.5, 0.6) is 6.01 Å². The summed E-state index contributed by atoms with van der Waals surface area (Å²) in [5.74, 6) is -1.34. The molecule has 0 radical (unpaired) electrons. The minimum Gasteiger partial charge on any atom is -0.480 e. The van der Waals surface area contributed by atoms with Gasteiger partial charge in [0.25, 0.3) is 5.69 Å². The standard InChI is InChI=1S/C32H38N6O9/c1-20(17-35-30(41)47-32(2,3)4)16-34-27-23(11-8-12-25(27)38(43)44)24-13-14-33-29(36-24)46-22-15-26(28(39)40)37(18-22)31(42)45-19-21-9-6-5-7-10-21/h5-14,20,22,26,34H,15-19H2,1-4H3,(H,35,41)(H,39,40)/t20?,22-,26-/m0/s1. The number of hydrogen-bond acceptors (Lipinski definition) is 11. The van der Waals surface area contributed by atoms with Gasteiger partial charge in [-0.05, 0) is 38.3 Å². The lowest BCUT2D eigenvalue weighted by atomic mass is 10.1. The molecule has 3 atom stereocenters. The minimum atomic E-state index is -1.20. The highest BCUT2D eigenvalue weighted by atomic mass is 16.6. The van der Waals surface area contributed by atoms with E-state index < -0.39 is 40.8 Å². The predicted octanol–water partition coefficient (Wildman–Crippen LogP) is 4.87. The van der Waals surface area contributed by atoms with Crippen molar-refractivity contribution in [1.29, 1.82) is 0 Å². The number of rotatable bonds is 12. The number of carbonyl (C=O) groups excluding carboxylic acids is 2. The number of carbonyl (C=O) groups is 3. The van der Waals surface area contributed by atoms with Gasteiger partial charge in [-0.3, -0.25) is 15.0 Å². The summed E-state index contributed by atoms with van der Waals surface area (Å²) in [6.45, 7) is 7.59. The Balaban J connectivity index is 1.45. The van der Waals surface area contributed by atoms with E-state index in [1.807, 2.05) is 13.0 Å². The minimum absolute atomic E-state index is 0.0161. The first-order valence-electron chi connectivity index (χ1n) is 15.0. The summed E-state index contributed by atoms with van der Waals surface area (Å²) in [6.07, 6.45) is -0.708. The summed E-state index contributed by atoms with van der Waals surface area (Å²) in [6, 6.07) is 13.9. The zero-order valence-corrected chi connectivity index (χ0v) is 26.5. The second-order valence-corrected chi connectivity index (χ2v) is 12.1. The number of carboxylic acid groups (broad SMARTS) is 1. The van der Waals surface area contributed by atoms with Gasteiger partial charge in [0.05, 0.1) is 17.2 Å². The Morgan fingerprint density at radius 1 is 1.11 bits per heavy atom. The first-order chi connectivity index (χ1) is 22.3. The normalized spacial score (nSPS) is 16.6. The highest BCUT2D eigenvalue weighted by molar-refractivity contribution is 5.83. The van der Waals surface area contributed by atoms with E-state index in [-0.39, 0.29) is 56.0 Å². The molecule has 2 amide bonds. The zero-order chi connectivity index (χ0) is 34.1. The molecule has 3 N–H and O–H groups in total. The van der Waals surface area contributed by atoms with Gasteiger partial charge < -0.3 is 30.0 Å². The number of anilines is 1. The number of aromatic nitrogens is 2. The summed E-state index contributed by atoms with van der Waals surface area (Å²) < 4.78 is 16.5. The maximum Gasteiger partial charge on any atom is 0.410 e. The van der Waals surface area contributed by atoms with Crippen LogP contribution in [0.25, 0.3) is 11.3 Å². The van der Waals surface area contributed by atoms with Crippen LogP contribution in [-0.2, 0) is 20.9 Å². The van der Waals surface area contributed by atoms with Gasteiger partial charge in [-0.25, -0.2) is 19.4 Å². The van der Waals surface area contributed by atoms with E-state index in [1.54, 1.807) is 57.2 Å². The average Bonchev–Trinajstić information content (AvgIpc) is 3.45. The van der Waals surface area contributed by atoms with Gasteiger partial charge in [0, 0.05) is 37.3 Å². The molecule has 1 aromatic heterocycles. The maximum atomic E-state index is 12.8. The highest BCUT2D eigenvalue weighted by Gasteiger charge is 2.42. The van der Waals surface area contributed by atoms with Crippen molar-refractivity contribution in [2.75, 3.05) is 25.0 Å². The van der Waals surface area contributed by atoms with Crippen LogP contribution in [0, 0.1) is 16.0 Å². The van der Waals surface area contributed by atoms with Crippen LogP contribution in [0.3, 0.4) is 0 Å². The molecule has 1 fully saturated rings. The van der Waals surface area contributed by atoms with Gasteiger partial charge in [-0.1, -0.05) is 49.4 Å². The van der Waals surface area contributed by atoms with Gasteiger partial charge in [-0.15, -0.1) is 0 Å². The van der Waals surface area contributed by atoms with Crippen LogP contribution < -0.4 is 15.4 Å². The van der Waals surface area contributed by atoms with Crippen molar-refractivity contribution in [1.82, 2.24) is 20.2 Å². The molecule has 0 bridgehead atoms. The molecule has 15 nitrogen and oxygen atoms in total. The fourth-order valence-electron chi connectivity index (χ4n) is 4.83. The number of nitro groups is 1. The Bertz CT molecular complexity index is 1580. The molecule has 3 aromatic rings. The third kappa shape index (κ3) is 9.76. The van der Waals surface area contributed by atoms with E-state index in [9.17, 15) is 29.6 Å². The Kier molecular flexibility index (Phi) is 11.1. The predicted molar refractivity (Wildman–Crippen MR) is 170 cm³/mol. The van der Waals surface area contributed by atoms with Gasteiger partial charge in [0.15, 0.2) is 0 Å². The number of benzene rings is 2. The Labute approximate surface area is 271 Å². The lowest BCUT2D eigenvalue weighted by Crippen LogP contribution is -2.40. The number of para-hydroxylation sites is 1. The van der Waals surface area contributed by atoms with Gasteiger partial charge >= 0.3 is 24.2 Å². The number of amides is 2. The second-order valence-electron chi connectivity index (χ2n) is 12.1. The molecule has 0 spiro atoms. The topological polar surface area (TPSA) is 195 Å². The molecule has 15 heteroatoms. The Morgan fingerprint density at radius 3 is 2.53 bits per heavy atom. The van der Waals surface area contributed by atoms with Crippen LogP contribution in [0.4, 0.5) is 21.0 Å². The summed E-state index contributed by atoms with van der Waals surface area (Å²) in [4.78, 5) is 57.9. The van der Waals surface area contributed by atoms with Crippen LogP contribution in [0.15, 0.2) is 60.8 Å². The zero-order valence-electron chi connectivity index (χ0n) is 26.5. The molecule has 0 aliphatic carbocycles. The van der Waals surface area contributed by atoms with Crippen molar-refractivity contribution in [3.63, 3.8) is 0 Å². The molecule has 2 heterocycles. The number of alkyl carbamates (subject to hydrolysis) is 1. The van der Waals surface area contributed by atoms with Gasteiger partial charge in [-0.2, -0.15) is 4.98 Å². The number of aliphatic carboxylic acids is 1. The lowest BCUT2D eigenvalue weighted by Gasteiger charge is -2.21. The van der Waals surface area contributed by atoms with Crippen molar-refractivity contribution in [2.45, 2.75) is 58.5 Å². The van der Waals surface area contributed by atoms with Crippen molar-refractivity contribution in [3.05, 3.63) is 76.5 Å². The quantitative estimate of drug-likeness (QED) is 0.178. The van der Waals surface area contributed by atoms with E-state index in [1.165, 1.54) is 18.3 Å². The van der Waals surface area contributed by atoms with E-state index in [0.717, 1.165) is 10.5 Å². The molecular formula is C32H38N6O9. The molecule has 0 saturated carbocycles. The Hall–Kier alpha value is -5.47. The van der Waals surface area contributed by atoms with Gasteiger partial charge in [0.1, 0.15) is 30.0 Å². The summed E-state index contributed by atoms with van der Waals surface area (Å²) in [5, 5.41) is 27.5. The first-order valence-corrected chi connectivity index (χ1v) is 15.0. The molecule has 1 saturated heterocycles. The summed E-state index contributed by atoms with van der Waals surface area (Å²) in [5.41, 5.74) is 0.861. The third-order valence-corrected chi connectivity index (χ3v) is 7.03. The van der Waals surface area contributed by atoms with E-state index in [2.05, 4.69) is 20.6 Å². The summed E-state index contributed by atoms with van der Waals surface area (Å²) in [7, 11) is 0. The number of hydrogen-bond donors (Lipinski definition) is 3. The number of nitrogens with one attached hydrogen (secondary N) is 2. The monoisotopic (exact) mass is 650 g/mol. The number of carboxylic acids is 1. The van der Waals surface area contributed by atoms with E-state index in [4.69, 9.17) is 14.2 Å². The first kappa shape index (κ1) is 34.4. The number of ether oxygens (including phenoxy) is 3. The molecule has 47 heavy (non-hydrogen) atoms. The lowest BCUT2D eigenvalue weighted by molar-refractivity contribution is -0.383. The molecule has 4 rings (SSSR count). The van der Waals surface area contributed by atoms with Crippen molar-refractivity contribution in [2.24, 2.45) is 5.92 Å². The average molecular weight is 651 g/mol. The molecular weight excluding hydrogens is 612 g/mol. The van der Waals surface area contributed by atoms with E-state index >= 15 is 0 Å². The van der Waals surface area contributed by atoms with Crippen molar-refractivity contribution >= 4 is 29.5 Å². The van der Waals surface area contributed by atoms with E-state index in [0.29, 0.717) is 11.3 Å². The summed E-state index contributed by atoms with van der Waals surface area (Å²) >= 11 is 0. The third-order valence-electron chi connectivity index (χ3n) is 7.03. The Morgan fingerprint density at radius 2 is 1.85 bits per heavy atom. The largest absolute Gasteiger partial charge is 0.480 e. The molecule has 1 unspecified atom stereocenters. The fraction of sp³-hybridized carbons (Fsp3) is 0.406. The van der Waals surface area contributed by atoms with Crippen LogP contribution in [0.1, 0.15) is 39.7 Å². The smallest absolute Gasteiger partial charge is 0.410 e. The molecule has 250 valence electrons. The van der Waals surface area contributed by atoms with Crippen molar-refractivity contribution in [3.8, 4) is 17.3 Å². The molecule has 1 aliphatic rings. The second kappa shape index (κ2) is 15.2. The fourth-order valence-corrected chi connectivity index (χ4v) is 4.83. The van der Waals surface area contributed by atoms with Crippen LogP contribution in [-0.4, -0.2) is 80.4 Å².